The van der Waals surface area contributed by atoms with Gasteiger partial charge in [-0.05, 0) is 18.4 Å². The third-order valence-electron chi connectivity index (χ3n) is 3.70. The summed E-state index contributed by atoms with van der Waals surface area (Å²) >= 11 is 0. The number of rotatable bonds is 1. The van der Waals surface area contributed by atoms with Gasteiger partial charge in [0.1, 0.15) is 5.41 Å². The molecule has 17 heavy (non-hydrogen) atoms. The number of carbonyl (C=O) groups excluding carboxylic acids is 2. The van der Waals surface area contributed by atoms with E-state index in [1.165, 1.54) is 0 Å². The van der Waals surface area contributed by atoms with E-state index in [-0.39, 0.29) is 11.9 Å². The molecule has 1 heterocycles. The number of benzene rings is 1. The van der Waals surface area contributed by atoms with E-state index < -0.39 is 11.4 Å². The number of allylic oxidation sites excluding steroid dienone is 2. The lowest BCUT2D eigenvalue weighted by molar-refractivity contribution is -0.154. The zero-order valence-electron chi connectivity index (χ0n) is 9.26. The largest absolute Gasteiger partial charge is 0.392 e. The molecule has 0 unspecified atom stereocenters. The van der Waals surface area contributed by atoms with Gasteiger partial charge in [-0.15, -0.1) is 0 Å². The second kappa shape index (κ2) is 3.55. The van der Waals surface area contributed by atoms with Crippen molar-refractivity contribution in [3.63, 3.8) is 0 Å². The van der Waals surface area contributed by atoms with Crippen LogP contribution in [-0.2, 0) is 19.7 Å². The van der Waals surface area contributed by atoms with Crippen molar-refractivity contribution >= 4 is 11.9 Å². The van der Waals surface area contributed by atoms with Crippen molar-refractivity contribution < 1.29 is 14.3 Å². The molecule has 3 nitrogen and oxygen atoms in total. The third kappa shape index (κ3) is 1.28. The fourth-order valence-electron chi connectivity index (χ4n) is 2.79. The van der Waals surface area contributed by atoms with Crippen LogP contribution in [0.2, 0.25) is 0 Å². The summed E-state index contributed by atoms with van der Waals surface area (Å²) in [6, 6.07) is 9.46. The molecule has 2 atom stereocenters. The highest BCUT2D eigenvalue weighted by Crippen LogP contribution is 2.46. The Hall–Kier alpha value is -1.90. The van der Waals surface area contributed by atoms with Gasteiger partial charge in [0, 0.05) is 0 Å². The molecule has 0 bridgehead atoms. The fourth-order valence-corrected chi connectivity index (χ4v) is 2.79. The molecule has 0 spiro atoms. The Morgan fingerprint density at radius 2 is 1.88 bits per heavy atom. The molecule has 1 saturated heterocycles. The van der Waals surface area contributed by atoms with E-state index in [1.807, 2.05) is 42.5 Å². The summed E-state index contributed by atoms with van der Waals surface area (Å²) in [4.78, 5) is 23.8. The van der Waals surface area contributed by atoms with Gasteiger partial charge in [0.25, 0.3) is 0 Å². The van der Waals surface area contributed by atoms with Gasteiger partial charge in [-0.3, -0.25) is 9.59 Å². The first-order valence-electron chi connectivity index (χ1n) is 5.72. The van der Waals surface area contributed by atoms with Crippen molar-refractivity contribution in [2.45, 2.75) is 18.3 Å². The first-order chi connectivity index (χ1) is 8.25. The molecule has 3 rings (SSSR count). The summed E-state index contributed by atoms with van der Waals surface area (Å²) in [7, 11) is 0. The summed E-state index contributed by atoms with van der Waals surface area (Å²) in [5, 5.41) is 0. The Morgan fingerprint density at radius 3 is 2.65 bits per heavy atom. The predicted octanol–water partition coefficient (Wildman–Crippen LogP) is 1.97. The van der Waals surface area contributed by atoms with E-state index in [9.17, 15) is 9.59 Å². The molecule has 3 heteroatoms. The topological polar surface area (TPSA) is 43.4 Å². The van der Waals surface area contributed by atoms with Crippen molar-refractivity contribution in [2.24, 2.45) is 5.92 Å². The normalized spacial score (nSPS) is 31.2. The van der Waals surface area contributed by atoms with E-state index in [1.54, 1.807) is 0 Å². The summed E-state index contributed by atoms with van der Waals surface area (Å²) in [5.74, 6) is -1.14. The van der Waals surface area contributed by atoms with E-state index in [4.69, 9.17) is 4.74 Å². The lowest BCUT2D eigenvalue weighted by Gasteiger charge is -2.31. The van der Waals surface area contributed by atoms with E-state index >= 15 is 0 Å². The summed E-state index contributed by atoms with van der Waals surface area (Å²) in [5.41, 5.74) is 0.0952. The molecule has 0 amide bonds. The molecular formula is C14H12O3. The van der Waals surface area contributed by atoms with E-state index in [0.717, 1.165) is 5.56 Å². The number of carbonyl (C=O) groups is 2. The van der Waals surface area contributed by atoms with Gasteiger partial charge in [-0.2, -0.15) is 0 Å². The molecule has 2 aliphatic rings. The average molecular weight is 228 g/mol. The molecule has 0 saturated carbocycles. The first kappa shape index (κ1) is 10.3. The smallest absolute Gasteiger partial charge is 0.325 e. The quantitative estimate of drug-likeness (QED) is 0.419. The minimum atomic E-state index is -0.785. The average Bonchev–Trinajstić information content (AvgIpc) is 2.64. The van der Waals surface area contributed by atoms with Crippen molar-refractivity contribution in [1.82, 2.24) is 0 Å². The van der Waals surface area contributed by atoms with Gasteiger partial charge in [0.05, 0.1) is 5.92 Å². The van der Waals surface area contributed by atoms with Crippen LogP contribution in [0.4, 0.5) is 0 Å². The molecule has 0 radical (unpaired) electrons. The van der Waals surface area contributed by atoms with Crippen molar-refractivity contribution in [1.29, 1.82) is 0 Å². The highest BCUT2D eigenvalue weighted by molar-refractivity contribution is 6.03. The van der Waals surface area contributed by atoms with Crippen LogP contribution < -0.4 is 0 Å². The van der Waals surface area contributed by atoms with Crippen LogP contribution in [0.5, 0.6) is 0 Å². The number of hydrogen-bond donors (Lipinski definition) is 0. The Labute approximate surface area is 99.1 Å². The van der Waals surface area contributed by atoms with Crippen LogP contribution in [-0.4, -0.2) is 11.9 Å². The van der Waals surface area contributed by atoms with E-state index in [0.29, 0.717) is 12.8 Å². The van der Waals surface area contributed by atoms with Crippen LogP contribution in [0, 0.1) is 5.92 Å². The summed E-state index contributed by atoms with van der Waals surface area (Å²) in [6.07, 6.45) is 5.04. The van der Waals surface area contributed by atoms with Crippen molar-refractivity contribution in [3.05, 3.63) is 48.0 Å². The van der Waals surface area contributed by atoms with Crippen molar-refractivity contribution in [2.75, 3.05) is 0 Å². The SMILES string of the molecule is O=C1OC(=O)[C@]2(c3ccccc3)CC=CC[C@H]12. The number of fused-ring (bicyclic) bond motifs is 1. The number of esters is 2. The molecule has 1 aliphatic carbocycles. The lowest BCUT2D eigenvalue weighted by Crippen LogP contribution is -2.39. The van der Waals surface area contributed by atoms with Crippen LogP contribution >= 0.6 is 0 Å². The molecular weight excluding hydrogens is 216 g/mol. The number of hydrogen-bond acceptors (Lipinski definition) is 3. The van der Waals surface area contributed by atoms with Gasteiger partial charge < -0.3 is 4.74 Å². The number of ether oxygens (including phenoxy) is 1. The fraction of sp³-hybridized carbons (Fsp3) is 0.286. The zero-order valence-corrected chi connectivity index (χ0v) is 9.26. The van der Waals surface area contributed by atoms with Gasteiger partial charge in [0.2, 0.25) is 0 Å². The van der Waals surface area contributed by atoms with Crippen LogP contribution in [0.15, 0.2) is 42.5 Å². The highest BCUT2D eigenvalue weighted by atomic mass is 16.6. The van der Waals surface area contributed by atoms with Gasteiger partial charge in [0.15, 0.2) is 0 Å². The highest BCUT2D eigenvalue weighted by Gasteiger charge is 2.58. The maximum atomic E-state index is 12.1. The Bertz CT molecular complexity index is 503. The predicted molar refractivity (Wildman–Crippen MR) is 61.1 cm³/mol. The van der Waals surface area contributed by atoms with Crippen molar-refractivity contribution in [3.8, 4) is 0 Å². The molecule has 1 aliphatic heterocycles. The molecule has 1 aromatic carbocycles. The lowest BCUT2D eigenvalue weighted by atomic mass is 9.66. The van der Waals surface area contributed by atoms with Gasteiger partial charge in [-0.25, -0.2) is 0 Å². The maximum absolute atomic E-state index is 12.1. The Morgan fingerprint density at radius 1 is 1.12 bits per heavy atom. The maximum Gasteiger partial charge on any atom is 0.325 e. The molecule has 0 aromatic heterocycles. The number of cyclic esters (lactones) is 2. The minimum absolute atomic E-state index is 0.359. The molecule has 1 aromatic rings. The van der Waals surface area contributed by atoms with Crippen LogP contribution in [0.3, 0.4) is 0 Å². The van der Waals surface area contributed by atoms with Gasteiger partial charge >= 0.3 is 11.9 Å². The Kier molecular flexibility index (Phi) is 2.15. The van der Waals surface area contributed by atoms with Crippen LogP contribution in [0.1, 0.15) is 18.4 Å². The Balaban J connectivity index is 2.18. The molecule has 0 N–H and O–H groups in total. The second-order valence-electron chi connectivity index (χ2n) is 4.51. The summed E-state index contributed by atoms with van der Waals surface area (Å²) in [6.45, 7) is 0. The van der Waals surface area contributed by atoms with Gasteiger partial charge in [-0.1, -0.05) is 42.5 Å². The zero-order chi connectivity index (χ0) is 11.9. The second-order valence-corrected chi connectivity index (χ2v) is 4.51. The van der Waals surface area contributed by atoms with Crippen LogP contribution in [0.25, 0.3) is 0 Å². The molecule has 86 valence electrons. The van der Waals surface area contributed by atoms with E-state index in [2.05, 4.69) is 0 Å². The molecule has 1 fully saturated rings. The monoisotopic (exact) mass is 228 g/mol. The standard InChI is InChI=1S/C14H12O3/c15-12-11-8-4-5-9-14(11,13(16)17-12)10-6-2-1-3-7-10/h1-7,11H,8-9H2/t11-,14+/m1/s1. The minimum Gasteiger partial charge on any atom is -0.392 e. The summed E-state index contributed by atoms with van der Waals surface area (Å²) < 4.78 is 4.85. The third-order valence-corrected chi connectivity index (χ3v) is 3.70. The first-order valence-corrected chi connectivity index (χ1v) is 5.72.